The van der Waals surface area contributed by atoms with Gasteiger partial charge in [0.05, 0.1) is 81.4 Å². The molecule has 10 aromatic rings. The highest BCUT2D eigenvalue weighted by Gasteiger charge is 2.36. The third-order valence-corrected chi connectivity index (χ3v) is 20.0. The largest absolute Gasteiger partial charge is 0.465 e. The van der Waals surface area contributed by atoms with Crippen molar-refractivity contribution in [3.8, 4) is 6.01 Å². The number of aliphatic hydroxyl groups excluding tert-OH is 1. The predicted octanol–water partition coefficient (Wildman–Crippen LogP) is 18.0. The number of imide groups is 2. The van der Waals surface area contributed by atoms with Gasteiger partial charge in [0.1, 0.15) is 32.5 Å². The van der Waals surface area contributed by atoms with Crippen molar-refractivity contribution in [1.29, 1.82) is 0 Å². The number of hydrogen-bond acceptors (Lipinski definition) is 17. The second-order valence-electron chi connectivity index (χ2n) is 29.4. The molecule has 5 heterocycles. The summed E-state index contributed by atoms with van der Waals surface area (Å²) in [6.45, 7) is 30.5. The van der Waals surface area contributed by atoms with Crippen molar-refractivity contribution < 1.29 is 76.7 Å². The number of alkyl carbamates (subject to hydrolysis) is 1. The van der Waals surface area contributed by atoms with Crippen LogP contribution in [0.15, 0.2) is 194 Å². The molecule has 5 amide bonds. The van der Waals surface area contributed by atoms with Crippen LogP contribution in [-0.4, -0.2) is 154 Å². The monoisotopic (exact) mass is 1570 g/mol. The zero-order chi connectivity index (χ0) is 84.3. The lowest BCUT2D eigenvalue weighted by Gasteiger charge is -2.21. The summed E-state index contributed by atoms with van der Waals surface area (Å²) in [5.41, 5.74) is 8.61. The third kappa shape index (κ3) is 27.2. The van der Waals surface area contributed by atoms with Crippen LogP contribution in [0.1, 0.15) is 216 Å². The van der Waals surface area contributed by atoms with Crippen LogP contribution in [0.3, 0.4) is 0 Å². The van der Waals surface area contributed by atoms with Crippen molar-refractivity contribution in [2.24, 2.45) is 16.2 Å². The van der Waals surface area contributed by atoms with Gasteiger partial charge in [-0.05, 0) is 165 Å². The molecule has 0 radical (unpaired) electrons. The minimum absolute atomic E-state index is 0.0283. The Morgan fingerprint density at radius 2 is 0.887 bits per heavy atom. The number of hydrogen-bond donors (Lipinski definition) is 5. The maximum absolute atomic E-state index is 12.2. The van der Waals surface area contributed by atoms with Gasteiger partial charge in [-0.3, -0.25) is 43.4 Å². The highest BCUT2D eigenvalue weighted by molar-refractivity contribution is 6.22. The Hall–Kier alpha value is -11.7. The summed E-state index contributed by atoms with van der Waals surface area (Å²) in [6.07, 6.45) is 7.07. The SMILES string of the molecule is CCC(C)(C)C(=O)OCC(O)COC(=O)c1c[nH]c2ccccc12.CCC(C)(C)C(=O)OCCNC(=O)OCCN1C(=O)c2ccccc2C1=O.CCC(C)(C)C(=O)OCCc1c[nH]c2ccccc12.CCC(C)c1ccccc1.CCC(C)c1ccccc1.CCN1C(=O)c2ccccc2C1=O.CCOc1nc2ccccc2[nH]1. The van der Waals surface area contributed by atoms with Gasteiger partial charge in [-0.2, -0.15) is 4.98 Å². The molecule has 614 valence electrons. The van der Waals surface area contributed by atoms with Crippen molar-refractivity contribution in [1.82, 2.24) is 35.1 Å². The first-order chi connectivity index (χ1) is 55.0. The topological polar surface area (TPSA) is 308 Å². The second kappa shape index (κ2) is 45.8. The number of H-pyrrole nitrogens is 3. The van der Waals surface area contributed by atoms with Crippen LogP contribution >= 0.6 is 0 Å². The van der Waals surface area contributed by atoms with E-state index in [-0.39, 0.29) is 74.7 Å². The van der Waals surface area contributed by atoms with Gasteiger partial charge in [0, 0.05) is 47.2 Å². The van der Waals surface area contributed by atoms with E-state index in [0.29, 0.717) is 78.3 Å². The molecule has 2 aliphatic rings. The van der Waals surface area contributed by atoms with E-state index in [1.807, 2.05) is 114 Å². The van der Waals surface area contributed by atoms with Gasteiger partial charge in [0.15, 0.2) is 0 Å². The molecular weight excluding hydrogens is 1460 g/mol. The number of para-hydroxylation sites is 4. The average molecular weight is 1570 g/mol. The molecule has 7 aromatic carbocycles. The van der Waals surface area contributed by atoms with Gasteiger partial charge in [-0.15, -0.1) is 0 Å². The van der Waals surface area contributed by atoms with E-state index in [1.165, 1.54) is 39.8 Å². The van der Waals surface area contributed by atoms with Crippen LogP contribution in [0.4, 0.5) is 4.79 Å². The van der Waals surface area contributed by atoms with Gasteiger partial charge in [0.2, 0.25) is 0 Å². The number of fused-ring (bicyclic) bond motifs is 5. The number of esters is 4. The van der Waals surface area contributed by atoms with Crippen LogP contribution in [-0.2, 0) is 44.5 Å². The van der Waals surface area contributed by atoms with Gasteiger partial charge >= 0.3 is 30.0 Å². The standard InChI is InChI=1S/C19H24N2O6.C18H23NO5.C16H21NO2.C10H9NO2.2C10H14.C9H10N2O/c1-4-19(2,3)17(24)26-11-9-20-18(25)27-12-10-21-15(22)13-7-5-6-8-14(13)16(21)23;1-4-18(2,3)17(22)24-11-12(20)10-23-16(21)14-9-19-15-8-6-5-7-13(14)15;1-4-16(2,3)15(18)19-10-9-12-11-17-14-8-6-5-7-13(12)14;1-2-11-9(12)7-5-3-4-6-8(7)10(11)13;2*1-3-9(2)10-7-5-4-6-8-10;1-2-12-9-10-7-5-3-4-6-8(7)11-9/h5-8H,4,9-12H2,1-3H3,(H,20,25);5-9,12,19-20H,4,10-11H2,1-3H3;5-8,11,17H,4,9-10H2,1-3H3;3-6H,2H2,1H3;2*4-9H,3H2,1-2H3;3-6H,2H2,1H3,(H,10,11). The Kier molecular flexibility index (Phi) is 36.7. The van der Waals surface area contributed by atoms with Crippen molar-refractivity contribution in [3.63, 3.8) is 0 Å². The summed E-state index contributed by atoms with van der Waals surface area (Å²) < 4.78 is 30.8. The maximum atomic E-state index is 12.2. The molecule has 3 unspecified atom stereocenters. The van der Waals surface area contributed by atoms with E-state index in [1.54, 1.807) is 89.3 Å². The highest BCUT2D eigenvalue weighted by atomic mass is 16.6. The molecule has 0 saturated carbocycles. The van der Waals surface area contributed by atoms with E-state index >= 15 is 0 Å². The Labute approximate surface area is 675 Å². The zero-order valence-electron chi connectivity index (χ0n) is 69.2. The number of rotatable bonds is 27. The minimum atomic E-state index is -1.06. The number of aromatic amines is 3. The third-order valence-electron chi connectivity index (χ3n) is 20.0. The number of nitrogens with one attached hydrogen (secondary N) is 4. The summed E-state index contributed by atoms with van der Waals surface area (Å²) in [5.74, 6) is -1.09. The van der Waals surface area contributed by atoms with Crippen LogP contribution in [0, 0.1) is 16.2 Å². The lowest BCUT2D eigenvalue weighted by molar-refractivity contribution is -0.158. The van der Waals surface area contributed by atoms with E-state index in [2.05, 4.69) is 120 Å². The minimum Gasteiger partial charge on any atom is -0.465 e. The fourth-order valence-electron chi connectivity index (χ4n) is 11.0. The van der Waals surface area contributed by atoms with E-state index < -0.39 is 40.8 Å². The predicted molar refractivity (Wildman–Crippen MR) is 448 cm³/mol. The van der Waals surface area contributed by atoms with Crippen molar-refractivity contribution in [2.75, 3.05) is 59.3 Å². The lowest BCUT2D eigenvalue weighted by atomic mass is 9.91. The molecule has 0 aliphatic carbocycles. The first-order valence-corrected chi connectivity index (χ1v) is 39.5. The molecule has 5 N–H and O–H groups in total. The molecule has 12 rings (SSSR count). The van der Waals surface area contributed by atoms with Gasteiger partial charge in [-0.1, -0.05) is 182 Å². The smallest absolute Gasteiger partial charge is 0.407 e. The number of aliphatic hydroxyl groups is 1. The first-order valence-electron chi connectivity index (χ1n) is 39.5. The number of carbonyl (C=O) groups is 9. The molecule has 2 aliphatic heterocycles. The fourth-order valence-corrected chi connectivity index (χ4v) is 11.0. The van der Waals surface area contributed by atoms with E-state index in [4.69, 9.17) is 28.4 Å². The average Bonchev–Trinajstić information content (AvgIpc) is 1.64. The Bertz CT molecular complexity index is 4620. The number of imidazole rings is 1. The Morgan fingerprint density at radius 3 is 1.37 bits per heavy atom. The quantitative estimate of drug-likeness (QED) is 0.0138. The maximum Gasteiger partial charge on any atom is 0.407 e. The molecule has 3 atom stereocenters. The number of carbonyl (C=O) groups excluding carboxylic acids is 9. The van der Waals surface area contributed by atoms with E-state index in [9.17, 15) is 48.3 Å². The molecule has 0 spiro atoms. The molecule has 3 aromatic heterocycles. The molecule has 23 nitrogen and oxygen atoms in total. The van der Waals surface area contributed by atoms with Gasteiger partial charge in [0.25, 0.3) is 29.6 Å². The van der Waals surface area contributed by atoms with Crippen LogP contribution in [0.5, 0.6) is 6.01 Å². The second-order valence-corrected chi connectivity index (χ2v) is 29.4. The van der Waals surface area contributed by atoms with Crippen LogP contribution in [0.2, 0.25) is 0 Å². The lowest BCUT2D eigenvalue weighted by Crippen LogP contribution is -2.36. The summed E-state index contributed by atoms with van der Waals surface area (Å²) in [6, 6.07) is 58.7. The highest BCUT2D eigenvalue weighted by Crippen LogP contribution is 2.28. The molecule has 0 bridgehead atoms. The number of amides is 5. The first kappa shape index (κ1) is 92.2. The summed E-state index contributed by atoms with van der Waals surface area (Å²) in [5, 5.41) is 14.2. The van der Waals surface area contributed by atoms with Gasteiger partial charge < -0.3 is 53.8 Å². The fraction of sp³-hybridized carbons (Fsp3) is 0.391. The van der Waals surface area contributed by atoms with Crippen molar-refractivity contribution in [3.05, 3.63) is 239 Å². The Morgan fingerprint density at radius 1 is 0.470 bits per heavy atom. The van der Waals surface area contributed by atoms with Gasteiger partial charge in [-0.25, -0.2) is 9.59 Å². The summed E-state index contributed by atoms with van der Waals surface area (Å²) >= 11 is 0. The molecule has 115 heavy (non-hydrogen) atoms. The van der Waals surface area contributed by atoms with Crippen LogP contribution in [0.25, 0.3) is 32.8 Å². The number of nitrogens with zero attached hydrogens (tertiary/aromatic N) is 3. The summed E-state index contributed by atoms with van der Waals surface area (Å²) in [7, 11) is 0. The van der Waals surface area contributed by atoms with Crippen molar-refractivity contribution in [2.45, 2.75) is 160 Å². The normalized spacial score (nSPS) is 12.8. The Balaban J connectivity index is 0.000000215. The summed E-state index contributed by atoms with van der Waals surface area (Å²) in [4.78, 5) is 122. The number of benzene rings is 7. The molecule has 0 saturated heterocycles. The van der Waals surface area contributed by atoms with E-state index in [0.717, 1.165) is 45.2 Å². The molecular formula is C92H115N7O16. The van der Waals surface area contributed by atoms with Crippen LogP contribution < -0.4 is 10.1 Å². The number of ether oxygens (including phenoxy) is 6. The molecule has 0 fully saturated rings. The molecule has 23 heteroatoms. The zero-order valence-corrected chi connectivity index (χ0v) is 69.2. The van der Waals surface area contributed by atoms with Crippen molar-refractivity contribution >= 4 is 86.4 Å². The number of aromatic nitrogens is 4.